The highest BCUT2D eigenvalue weighted by Crippen LogP contribution is 2.22. The topological polar surface area (TPSA) is 66.6 Å². The molecule has 1 unspecified atom stereocenters. The molecule has 1 atom stereocenters. The number of amides is 2. The van der Waals surface area contributed by atoms with E-state index in [1.807, 2.05) is 29.2 Å². The van der Waals surface area contributed by atoms with E-state index in [2.05, 4.69) is 0 Å². The predicted octanol–water partition coefficient (Wildman–Crippen LogP) is 1.38. The number of nitrogens with zero attached hydrogens (tertiary/aromatic N) is 2. The van der Waals surface area contributed by atoms with Gasteiger partial charge in [-0.05, 0) is 43.5 Å². The van der Waals surface area contributed by atoms with E-state index >= 15 is 0 Å². The maximum absolute atomic E-state index is 12.4. The van der Waals surface area contributed by atoms with Gasteiger partial charge in [0.2, 0.25) is 5.91 Å². The molecular weight excluding hydrogens is 266 g/mol. The van der Waals surface area contributed by atoms with Crippen molar-refractivity contribution < 1.29 is 9.59 Å². The highest BCUT2D eigenvalue weighted by Gasteiger charge is 2.24. The van der Waals surface area contributed by atoms with Crippen LogP contribution >= 0.6 is 0 Å². The molecule has 2 saturated heterocycles. The molecule has 5 heteroatoms. The van der Waals surface area contributed by atoms with E-state index in [1.54, 1.807) is 4.90 Å². The average molecular weight is 287 g/mol. The number of anilines is 1. The minimum absolute atomic E-state index is 0.0319. The standard InChI is InChI=1S/C16H21N3O2/c17-13-3-1-9-18(11-13)16(21)12-5-7-14(8-6-12)19-10-2-4-15(19)20/h5-8,13H,1-4,9-11,17H2. The second kappa shape index (κ2) is 5.85. The number of carbonyl (C=O) groups is 2. The van der Waals surface area contributed by atoms with Crippen molar-refractivity contribution in [3.8, 4) is 0 Å². The summed E-state index contributed by atoms with van der Waals surface area (Å²) in [6.07, 6.45) is 3.48. The summed E-state index contributed by atoms with van der Waals surface area (Å²) in [4.78, 5) is 27.8. The van der Waals surface area contributed by atoms with Crippen LogP contribution < -0.4 is 10.6 Å². The lowest BCUT2D eigenvalue weighted by molar-refractivity contribution is -0.117. The lowest BCUT2D eigenvalue weighted by Gasteiger charge is -2.30. The molecule has 0 bridgehead atoms. The SMILES string of the molecule is NC1CCCN(C(=O)c2ccc(N3CCCC3=O)cc2)C1. The van der Waals surface area contributed by atoms with Crippen LogP contribution in [0.4, 0.5) is 5.69 Å². The van der Waals surface area contributed by atoms with Crippen LogP contribution in [0.2, 0.25) is 0 Å². The molecule has 112 valence electrons. The number of likely N-dealkylation sites (tertiary alicyclic amines) is 1. The number of benzene rings is 1. The van der Waals surface area contributed by atoms with Gasteiger partial charge in [-0.15, -0.1) is 0 Å². The first-order valence-corrected chi connectivity index (χ1v) is 7.60. The highest BCUT2D eigenvalue weighted by molar-refractivity contribution is 5.97. The van der Waals surface area contributed by atoms with Gasteiger partial charge < -0.3 is 15.5 Å². The smallest absolute Gasteiger partial charge is 0.253 e. The molecule has 2 aliphatic rings. The minimum Gasteiger partial charge on any atom is -0.337 e. The summed E-state index contributed by atoms with van der Waals surface area (Å²) >= 11 is 0. The van der Waals surface area contributed by atoms with Crippen molar-refractivity contribution in [1.82, 2.24) is 4.90 Å². The summed E-state index contributed by atoms with van der Waals surface area (Å²) in [6.45, 7) is 2.18. The third kappa shape index (κ3) is 2.93. The molecule has 2 heterocycles. The number of hydrogen-bond donors (Lipinski definition) is 1. The van der Waals surface area contributed by atoms with E-state index in [-0.39, 0.29) is 17.9 Å². The third-order valence-electron chi connectivity index (χ3n) is 4.24. The molecule has 5 nitrogen and oxygen atoms in total. The Kier molecular flexibility index (Phi) is 3.92. The maximum atomic E-state index is 12.4. The molecule has 0 radical (unpaired) electrons. The van der Waals surface area contributed by atoms with E-state index in [0.717, 1.165) is 38.0 Å². The summed E-state index contributed by atoms with van der Waals surface area (Å²) in [5.41, 5.74) is 7.47. The van der Waals surface area contributed by atoms with Gasteiger partial charge in [0, 0.05) is 43.3 Å². The summed E-state index contributed by atoms with van der Waals surface area (Å²) in [5.74, 6) is 0.195. The molecule has 1 aromatic rings. The van der Waals surface area contributed by atoms with Crippen molar-refractivity contribution in [1.29, 1.82) is 0 Å². The number of carbonyl (C=O) groups excluding carboxylic acids is 2. The number of piperidine rings is 1. The molecule has 2 N–H and O–H groups in total. The van der Waals surface area contributed by atoms with Gasteiger partial charge in [0.05, 0.1) is 0 Å². The first kappa shape index (κ1) is 14.1. The Balaban J connectivity index is 1.71. The van der Waals surface area contributed by atoms with E-state index in [1.165, 1.54) is 0 Å². The molecule has 2 amide bonds. The van der Waals surface area contributed by atoms with Crippen molar-refractivity contribution in [2.75, 3.05) is 24.5 Å². The van der Waals surface area contributed by atoms with Crippen molar-refractivity contribution in [3.63, 3.8) is 0 Å². The van der Waals surface area contributed by atoms with Crippen molar-refractivity contribution in [2.24, 2.45) is 5.73 Å². The quantitative estimate of drug-likeness (QED) is 0.893. The Morgan fingerprint density at radius 1 is 1.14 bits per heavy atom. The second-order valence-corrected chi connectivity index (χ2v) is 5.85. The van der Waals surface area contributed by atoms with E-state index in [0.29, 0.717) is 18.5 Å². The van der Waals surface area contributed by atoms with Crippen LogP contribution in [0, 0.1) is 0 Å². The predicted molar refractivity (Wildman–Crippen MR) is 81.1 cm³/mol. The number of rotatable bonds is 2. The average Bonchev–Trinajstić information content (AvgIpc) is 2.93. The normalized spacial score (nSPS) is 22.7. The van der Waals surface area contributed by atoms with Gasteiger partial charge in [-0.25, -0.2) is 0 Å². The minimum atomic E-state index is 0.0319. The molecular formula is C16H21N3O2. The van der Waals surface area contributed by atoms with Crippen LogP contribution in [-0.4, -0.2) is 42.4 Å². The van der Waals surface area contributed by atoms with Gasteiger partial charge in [-0.3, -0.25) is 9.59 Å². The van der Waals surface area contributed by atoms with Gasteiger partial charge in [-0.1, -0.05) is 0 Å². The molecule has 0 aromatic heterocycles. The zero-order valence-electron chi connectivity index (χ0n) is 12.1. The van der Waals surface area contributed by atoms with Gasteiger partial charge >= 0.3 is 0 Å². The van der Waals surface area contributed by atoms with Crippen LogP contribution in [0.1, 0.15) is 36.0 Å². The fourth-order valence-corrected chi connectivity index (χ4v) is 3.08. The van der Waals surface area contributed by atoms with Gasteiger partial charge in [0.15, 0.2) is 0 Å². The van der Waals surface area contributed by atoms with Crippen LogP contribution in [0.25, 0.3) is 0 Å². The zero-order valence-corrected chi connectivity index (χ0v) is 12.1. The first-order chi connectivity index (χ1) is 10.1. The van der Waals surface area contributed by atoms with Crippen molar-refractivity contribution >= 4 is 17.5 Å². The van der Waals surface area contributed by atoms with Gasteiger partial charge in [0.1, 0.15) is 0 Å². The Hall–Kier alpha value is -1.88. The van der Waals surface area contributed by atoms with Crippen LogP contribution in [0.5, 0.6) is 0 Å². The number of nitrogens with two attached hydrogens (primary N) is 1. The Morgan fingerprint density at radius 2 is 1.90 bits per heavy atom. The summed E-state index contributed by atoms with van der Waals surface area (Å²) in [7, 11) is 0. The Bertz CT molecular complexity index is 541. The fraction of sp³-hybridized carbons (Fsp3) is 0.500. The molecule has 0 aliphatic carbocycles. The third-order valence-corrected chi connectivity index (χ3v) is 4.24. The molecule has 0 saturated carbocycles. The fourth-order valence-electron chi connectivity index (χ4n) is 3.08. The summed E-state index contributed by atoms with van der Waals surface area (Å²) in [5, 5.41) is 0. The maximum Gasteiger partial charge on any atom is 0.253 e. The lowest BCUT2D eigenvalue weighted by Crippen LogP contribution is -2.45. The number of hydrogen-bond acceptors (Lipinski definition) is 3. The Labute approximate surface area is 124 Å². The first-order valence-electron chi connectivity index (χ1n) is 7.60. The lowest BCUT2D eigenvalue weighted by atomic mass is 10.1. The van der Waals surface area contributed by atoms with Crippen molar-refractivity contribution in [2.45, 2.75) is 31.7 Å². The molecule has 0 spiro atoms. The van der Waals surface area contributed by atoms with Crippen LogP contribution in [0.3, 0.4) is 0 Å². The molecule has 1 aromatic carbocycles. The van der Waals surface area contributed by atoms with Crippen molar-refractivity contribution in [3.05, 3.63) is 29.8 Å². The van der Waals surface area contributed by atoms with E-state index in [4.69, 9.17) is 5.73 Å². The Morgan fingerprint density at radius 3 is 2.52 bits per heavy atom. The second-order valence-electron chi connectivity index (χ2n) is 5.85. The largest absolute Gasteiger partial charge is 0.337 e. The molecule has 21 heavy (non-hydrogen) atoms. The highest BCUT2D eigenvalue weighted by atomic mass is 16.2. The molecule has 2 aliphatic heterocycles. The van der Waals surface area contributed by atoms with Crippen LogP contribution in [-0.2, 0) is 4.79 Å². The van der Waals surface area contributed by atoms with E-state index < -0.39 is 0 Å². The van der Waals surface area contributed by atoms with E-state index in [9.17, 15) is 9.59 Å². The van der Waals surface area contributed by atoms with Gasteiger partial charge in [-0.2, -0.15) is 0 Å². The summed E-state index contributed by atoms with van der Waals surface area (Å²) < 4.78 is 0. The molecule has 3 rings (SSSR count). The molecule has 2 fully saturated rings. The van der Waals surface area contributed by atoms with Crippen LogP contribution in [0.15, 0.2) is 24.3 Å². The summed E-state index contributed by atoms with van der Waals surface area (Å²) in [6, 6.07) is 7.43. The van der Waals surface area contributed by atoms with Gasteiger partial charge in [0.25, 0.3) is 5.91 Å². The zero-order chi connectivity index (χ0) is 14.8. The monoisotopic (exact) mass is 287 g/mol.